The summed E-state index contributed by atoms with van der Waals surface area (Å²) in [5.41, 5.74) is 0.642. The van der Waals surface area contributed by atoms with Crippen molar-refractivity contribution < 1.29 is 13.9 Å². The molecule has 0 radical (unpaired) electrons. The van der Waals surface area contributed by atoms with E-state index in [2.05, 4.69) is 13.8 Å². The molecule has 0 saturated carbocycles. The molecule has 1 heterocycles. The molecule has 19 heavy (non-hydrogen) atoms. The minimum atomic E-state index is -0.850. The van der Waals surface area contributed by atoms with Crippen molar-refractivity contribution in [2.45, 2.75) is 42.1 Å². The standard InChI is InChI=1S/C14H18F2OS2/c1-8-9(2)19-14(7-18-8)13(17)6-10-3-4-11(15)12(16)5-10/h3-5,8-9,13-14,17H,6-7H2,1-2H3. The molecule has 0 spiro atoms. The van der Waals surface area contributed by atoms with Crippen LogP contribution in [-0.4, -0.2) is 32.7 Å². The number of hydrogen-bond acceptors (Lipinski definition) is 3. The molecule has 1 nitrogen and oxygen atoms in total. The monoisotopic (exact) mass is 304 g/mol. The average Bonchev–Trinajstić information content (AvgIpc) is 2.37. The van der Waals surface area contributed by atoms with Crippen LogP contribution >= 0.6 is 23.5 Å². The van der Waals surface area contributed by atoms with Crippen LogP contribution in [0.2, 0.25) is 0 Å². The van der Waals surface area contributed by atoms with Gasteiger partial charge >= 0.3 is 0 Å². The molecule has 0 bridgehead atoms. The fourth-order valence-corrected chi connectivity index (χ4v) is 5.06. The van der Waals surface area contributed by atoms with Gasteiger partial charge in [0.15, 0.2) is 11.6 Å². The van der Waals surface area contributed by atoms with E-state index >= 15 is 0 Å². The first-order chi connectivity index (χ1) is 8.97. The Morgan fingerprint density at radius 2 is 2.00 bits per heavy atom. The summed E-state index contributed by atoms with van der Waals surface area (Å²) in [7, 11) is 0. The highest BCUT2D eigenvalue weighted by Crippen LogP contribution is 2.37. The molecule has 1 aliphatic heterocycles. The van der Waals surface area contributed by atoms with Gasteiger partial charge in [-0.05, 0) is 24.1 Å². The van der Waals surface area contributed by atoms with Crippen LogP contribution < -0.4 is 0 Å². The molecule has 1 aromatic carbocycles. The third-order valence-electron chi connectivity index (χ3n) is 3.43. The molecule has 1 N–H and O–H groups in total. The molecule has 0 amide bonds. The molecule has 2 rings (SSSR count). The summed E-state index contributed by atoms with van der Waals surface area (Å²) in [5.74, 6) is -0.790. The molecule has 4 unspecified atom stereocenters. The first-order valence-electron chi connectivity index (χ1n) is 6.36. The molecule has 1 aromatic rings. The predicted molar refractivity (Wildman–Crippen MR) is 78.8 cm³/mol. The van der Waals surface area contributed by atoms with Crippen LogP contribution in [0.25, 0.3) is 0 Å². The van der Waals surface area contributed by atoms with Crippen LogP contribution in [-0.2, 0) is 6.42 Å². The lowest BCUT2D eigenvalue weighted by molar-refractivity contribution is 0.177. The van der Waals surface area contributed by atoms with Gasteiger partial charge in [-0.1, -0.05) is 19.9 Å². The molecule has 1 fully saturated rings. The maximum Gasteiger partial charge on any atom is 0.159 e. The fourth-order valence-electron chi connectivity index (χ4n) is 2.05. The van der Waals surface area contributed by atoms with Crippen molar-refractivity contribution in [2.75, 3.05) is 5.75 Å². The van der Waals surface area contributed by atoms with Gasteiger partial charge in [-0.15, -0.1) is 0 Å². The Bertz CT molecular complexity index is 441. The van der Waals surface area contributed by atoms with Gasteiger partial charge in [0, 0.05) is 21.5 Å². The molecule has 106 valence electrons. The average molecular weight is 304 g/mol. The van der Waals surface area contributed by atoms with E-state index in [4.69, 9.17) is 0 Å². The van der Waals surface area contributed by atoms with E-state index < -0.39 is 17.7 Å². The van der Waals surface area contributed by atoms with Gasteiger partial charge in [-0.3, -0.25) is 0 Å². The third kappa shape index (κ3) is 3.86. The predicted octanol–water partition coefficient (Wildman–Crippen LogP) is 3.49. The number of benzene rings is 1. The van der Waals surface area contributed by atoms with Crippen molar-refractivity contribution in [3.63, 3.8) is 0 Å². The Morgan fingerprint density at radius 3 is 2.63 bits per heavy atom. The van der Waals surface area contributed by atoms with E-state index in [1.807, 2.05) is 11.8 Å². The normalized spacial score (nSPS) is 29.2. The number of halogens is 2. The molecular weight excluding hydrogens is 286 g/mol. The Morgan fingerprint density at radius 1 is 1.26 bits per heavy atom. The largest absolute Gasteiger partial charge is 0.392 e. The number of aliphatic hydroxyl groups is 1. The highest BCUT2D eigenvalue weighted by Gasteiger charge is 2.30. The fraction of sp³-hybridized carbons (Fsp3) is 0.571. The second-order valence-corrected chi connectivity index (χ2v) is 7.97. The van der Waals surface area contributed by atoms with E-state index in [1.54, 1.807) is 11.8 Å². The van der Waals surface area contributed by atoms with Gasteiger partial charge in [-0.2, -0.15) is 23.5 Å². The lowest BCUT2D eigenvalue weighted by Gasteiger charge is -2.33. The van der Waals surface area contributed by atoms with E-state index in [9.17, 15) is 13.9 Å². The zero-order chi connectivity index (χ0) is 14.0. The topological polar surface area (TPSA) is 20.2 Å². The lowest BCUT2D eigenvalue weighted by atomic mass is 10.1. The van der Waals surface area contributed by atoms with Crippen LogP contribution in [0.4, 0.5) is 8.78 Å². The maximum absolute atomic E-state index is 13.1. The summed E-state index contributed by atoms with van der Waals surface area (Å²) >= 11 is 3.65. The first-order valence-corrected chi connectivity index (χ1v) is 8.35. The van der Waals surface area contributed by atoms with Crippen molar-refractivity contribution in [3.05, 3.63) is 35.4 Å². The molecule has 0 aliphatic carbocycles. The summed E-state index contributed by atoms with van der Waals surface area (Å²) in [5, 5.41) is 11.5. The van der Waals surface area contributed by atoms with Gasteiger partial charge in [0.05, 0.1) is 6.10 Å². The zero-order valence-electron chi connectivity index (χ0n) is 11.0. The number of hydrogen-bond donors (Lipinski definition) is 1. The second kappa shape index (κ2) is 6.46. The van der Waals surface area contributed by atoms with Gasteiger partial charge < -0.3 is 5.11 Å². The van der Waals surface area contributed by atoms with Crippen molar-refractivity contribution in [1.29, 1.82) is 0 Å². The van der Waals surface area contributed by atoms with Crippen LogP contribution in [0, 0.1) is 11.6 Å². The molecule has 1 aliphatic rings. The molecule has 1 saturated heterocycles. The Balaban J connectivity index is 1.97. The van der Waals surface area contributed by atoms with Crippen molar-refractivity contribution in [3.8, 4) is 0 Å². The van der Waals surface area contributed by atoms with Crippen molar-refractivity contribution in [2.24, 2.45) is 0 Å². The summed E-state index contributed by atoms with van der Waals surface area (Å²) in [6, 6.07) is 3.82. The maximum atomic E-state index is 13.1. The minimum Gasteiger partial charge on any atom is -0.392 e. The SMILES string of the molecule is CC1SCC(C(O)Cc2ccc(F)c(F)c2)SC1C. The highest BCUT2D eigenvalue weighted by atomic mass is 32.2. The Labute approximate surface area is 121 Å². The smallest absolute Gasteiger partial charge is 0.159 e. The van der Waals surface area contributed by atoms with Gasteiger partial charge in [0.1, 0.15) is 0 Å². The van der Waals surface area contributed by atoms with Crippen LogP contribution in [0.3, 0.4) is 0 Å². The second-order valence-electron chi connectivity index (χ2n) is 4.94. The number of rotatable bonds is 3. The van der Waals surface area contributed by atoms with Gasteiger partial charge in [-0.25, -0.2) is 8.78 Å². The minimum absolute atomic E-state index is 0.157. The molecule has 0 aromatic heterocycles. The quantitative estimate of drug-likeness (QED) is 0.923. The summed E-state index contributed by atoms with van der Waals surface area (Å²) in [4.78, 5) is 0. The van der Waals surface area contributed by atoms with E-state index in [-0.39, 0.29) is 5.25 Å². The molecular formula is C14H18F2OS2. The van der Waals surface area contributed by atoms with Crippen molar-refractivity contribution in [1.82, 2.24) is 0 Å². The van der Waals surface area contributed by atoms with E-state index in [0.717, 1.165) is 11.8 Å². The van der Waals surface area contributed by atoms with Crippen LogP contribution in [0.1, 0.15) is 19.4 Å². The van der Waals surface area contributed by atoms with Crippen LogP contribution in [0.15, 0.2) is 18.2 Å². The van der Waals surface area contributed by atoms with Crippen molar-refractivity contribution >= 4 is 23.5 Å². The third-order valence-corrected chi connectivity index (χ3v) is 6.97. The summed E-state index contributed by atoms with van der Waals surface area (Å²) in [6.07, 6.45) is -0.145. The van der Waals surface area contributed by atoms with Gasteiger partial charge in [0.25, 0.3) is 0 Å². The van der Waals surface area contributed by atoms with E-state index in [0.29, 0.717) is 22.5 Å². The summed E-state index contributed by atoms with van der Waals surface area (Å²) < 4.78 is 26.0. The van der Waals surface area contributed by atoms with Gasteiger partial charge in [0.2, 0.25) is 0 Å². The zero-order valence-corrected chi connectivity index (χ0v) is 12.6. The van der Waals surface area contributed by atoms with E-state index in [1.165, 1.54) is 12.1 Å². The number of aliphatic hydroxyl groups excluding tert-OH is 1. The first kappa shape index (κ1) is 15.1. The number of thioether (sulfide) groups is 2. The lowest BCUT2D eigenvalue weighted by Crippen LogP contribution is -2.35. The molecule has 4 atom stereocenters. The molecule has 5 heteroatoms. The highest BCUT2D eigenvalue weighted by molar-refractivity contribution is 8.07. The summed E-state index contributed by atoms with van der Waals surface area (Å²) in [6.45, 7) is 4.36. The Hall–Kier alpha value is -0.260. The Kier molecular flexibility index (Phi) is 5.15. The van der Waals surface area contributed by atoms with Crippen LogP contribution in [0.5, 0.6) is 0 Å².